The number of halogens is 1. The van der Waals surface area contributed by atoms with Crippen LogP contribution in [0.2, 0.25) is 5.02 Å². The molecular weight excluding hydrogens is 526 g/mol. The van der Waals surface area contributed by atoms with Gasteiger partial charge < -0.3 is 19.9 Å². The number of pyridine rings is 1. The van der Waals surface area contributed by atoms with Crippen molar-refractivity contribution in [1.82, 2.24) is 4.57 Å². The molecule has 0 aliphatic heterocycles. The molecule has 1 amide bonds. The van der Waals surface area contributed by atoms with Gasteiger partial charge in [0.05, 0.1) is 36.4 Å². The number of benzene rings is 2. The second kappa shape index (κ2) is 12.8. The van der Waals surface area contributed by atoms with E-state index in [1.54, 1.807) is 25.1 Å². The highest BCUT2D eigenvalue weighted by molar-refractivity contribution is 6.31. The monoisotopic (exact) mass is 551 g/mol. The van der Waals surface area contributed by atoms with Crippen molar-refractivity contribution in [2.24, 2.45) is 5.92 Å². The lowest BCUT2D eigenvalue weighted by Gasteiger charge is -2.20. The molecule has 11 heteroatoms. The van der Waals surface area contributed by atoms with Crippen LogP contribution in [0.25, 0.3) is 11.1 Å². The predicted molar refractivity (Wildman–Crippen MR) is 144 cm³/mol. The zero-order valence-electron chi connectivity index (χ0n) is 21.4. The number of hydrogen-bond donors (Lipinski definition) is 2. The number of hydrogen-bond acceptors (Lipinski definition) is 7. The minimum absolute atomic E-state index is 0.187. The number of methoxy groups -OCH3 is 1. The molecule has 0 spiro atoms. The average molecular weight is 552 g/mol. The third kappa shape index (κ3) is 6.83. The Kier molecular flexibility index (Phi) is 9.47. The van der Waals surface area contributed by atoms with E-state index in [-0.39, 0.29) is 24.3 Å². The smallest absolute Gasteiger partial charge is 0.338 e. The molecule has 1 unspecified atom stereocenters. The quantitative estimate of drug-likeness (QED) is 0.349. The third-order valence-corrected chi connectivity index (χ3v) is 6.19. The van der Waals surface area contributed by atoms with E-state index < -0.39 is 35.4 Å². The van der Waals surface area contributed by atoms with Gasteiger partial charge in [0.1, 0.15) is 18.4 Å². The molecule has 2 aromatic carbocycles. The fourth-order valence-electron chi connectivity index (χ4n) is 3.76. The van der Waals surface area contributed by atoms with E-state index in [0.29, 0.717) is 27.4 Å². The number of ether oxygens (including phenoxy) is 2. The van der Waals surface area contributed by atoms with Gasteiger partial charge in [-0.25, -0.2) is 4.79 Å². The largest absolute Gasteiger partial charge is 0.495 e. The minimum atomic E-state index is -1.07. The van der Waals surface area contributed by atoms with E-state index in [4.69, 9.17) is 26.2 Å². The van der Waals surface area contributed by atoms with Crippen LogP contribution in [-0.2, 0) is 14.3 Å². The Morgan fingerprint density at radius 2 is 1.82 bits per heavy atom. The summed E-state index contributed by atoms with van der Waals surface area (Å²) in [5, 5.41) is 21.5. The SMILES string of the molecule is CCC(C(=O)Nc1ccc(C(=O)OC[C@H](C)C(=O)O)cc1)n1cc(OC)c(-c2cc(Cl)ccc2C#N)cc1=O. The number of carboxylic acids is 1. The summed E-state index contributed by atoms with van der Waals surface area (Å²) in [6, 6.07) is 13.0. The van der Waals surface area contributed by atoms with E-state index in [1.807, 2.05) is 0 Å². The summed E-state index contributed by atoms with van der Waals surface area (Å²) in [5.41, 5.74) is 1.19. The predicted octanol–water partition coefficient (Wildman–Crippen LogP) is 4.52. The number of rotatable bonds is 10. The van der Waals surface area contributed by atoms with E-state index in [9.17, 15) is 24.4 Å². The number of anilines is 1. The highest BCUT2D eigenvalue weighted by Crippen LogP contribution is 2.33. The molecule has 1 heterocycles. The number of nitrogens with one attached hydrogen (secondary N) is 1. The summed E-state index contributed by atoms with van der Waals surface area (Å²) in [5.74, 6) is -2.80. The van der Waals surface area contributed by atoms with Gasteiger partial charge in [0.15, 0.2) is 0 Å². The van der Waals surface area contributed by atoms with Crippen LogP contribution in [0.1, 0.15) is 42.2 Å². The Hall–Kier alpha value is -4.62. The van der Waals surface area contributed by atoms with Gasteiger partial charge in [0.2, 0.25) is 5.91 Å². The van der Waals surface area contributed by atoms with Crippen molar-refractivity contribution in [1.29, 1.82) is 5.26 Å². The molecule has 10 nitrogen and oxygen atoms in total. The molecule has 0 aliphatic carbocycles. The lowest BCUT2D eigenvalue weighted by atomic mass is 10.00. The molecule has 0 radical (unpaired) electrons. The van der Waals surface area contributed by atoms with Crippen LogP contribution in [0.3, 0.4) is 0 Å². The van der Waals surface area contributed by atoms with Crippen LogP contribution in [-0.4, -0.2) is 41.2 Å². The fourth-order valence-corrected chi connectivity index (χ4v) is 3.93. The van der Waals surface area contributed by atoms with Gasteiger partial charge in [-0.3, -0.25) is 19.0 Å². The van der Waals surface area contributed by atoms with Crippen LogP contribution < -0.4 is 15.6 Å². The number of esters is 1. The standard InChI is InChI=1S/C28H26ClN3O7/c1-4-23(26(34)31-20-9-6-17(7-10-20)28(37)39-15-16(2)27(35)36)32-14-24(38-3)22(12-25(32)33)21-11-19(29)8-5-18(21)13-30/h5-12,14,16,23H,4,15H2,1-3H3,(H,31,34)(H,35,36)/t16-,23?/m0/s1. The maximum atomic E-state index is 13.1. The summed E-state index contributed by atoms with van der Waals surface area (Å²) in [6.07, 6.45) is 1.70. The number of carbonyl (C=O) groups excluding carboxylic acids is 2. The van der Waals surface area contributed by atoms with Crippen molar-refractivity contribution in [2.75, 3.05) is 19.0 Å². The van der Waals surface area contributed by atoms with Crippen molar-refractivity contribution >= 4 is 35.1 Å². The van der Waals surface area contributed by atoms with Crippen LogP contribution in [0, 0.1) is 17.2 Å². The number of carbonyl (C=O) groups is 3. The van der Waals surface area contributed by atoms with Crippen LogP contribution in [0.15, 0.2) is 59.5 Å². The first-order valence-corrected chi connectivity index (χ1v) is 12.3. The summed E-state index contributed by atoms with van der Waals surface area (Å²) in [7, 11) is 1.42. The molecule has 2 N–H and O–H groups in total. The first kappa shape index (κ1) is 28.9. The Balaban J connectivity index is 1.82. The zero-order valence-corrected chi connectivity index (χ0v) is 22.2. The van der Waals surface area contributed by atoms with Crippen molar-refractivity contribution in [2.45, 2.75) is 26.3 Å². The lowest BCUT2D eigenvalue weighted by molar-refractivity contribution is -0.142. The topological polar surface area (TPSA) is 148 Å². The second-order valence-corrected chi connectivity index (χ2v) is 9.07. The molecule has 3 aromatic rings. The van der Waals surface area contributed by atoms with Crippen LogP contribution in [0.5, 0.6) is 5.75 Å². The van der Waals surface area contributed by atoms with Gasteiger partial charge in [-0.2, -0.15) is 5.26 Å². The maximum absolute atomic E-state index is 13.1. The zero-order chi connectivity index (χ0) is 28.7. The Bertz CT molecular complexity index is 1490. The van der Waals surface area contributed by atoms with Gasteiger partial charge in [0.25, 0.3) is 5.56 Å². The van der Waals surface area contributed by atoms with E-state index in [0.717, 1.165) is 0 Å². The minimum Gasteiger partial charge on any atom is -0.495 e. The van der Waals surface area contributed by atoms with Crippen molar-refractivity contribution in [3.05, 3.63) is 81.2 Å². The number of nitriles is 1. The Morgan fingerprint density at radius 3 is 2.41 bits per heavy atom. The van der Waals surface area contributed by atoms with Gasteiger partial charge in [0, 0.05) is 27.9 Å². The van der Waals surface area contributed by atoms with Crippen molar-refractivity contribution in [3.8, 4) is 22.9 Å². The van der Waals surface area contributed by atoms with Gasteiger partial charge >= 0.3 is 11.9 Å². The third-order valence-electron chi connectivity index (χ3n) is 5.96. The Morgan fingerprint density at radius 1 is 1.13 bits per heavy atom. The normalized spacial score (nSPS) is 12.1. The maximum Gasteiger partial charge on any atom is 0.338 e. The van der Waals surface area contributed by atoms with E-state index >= 15 is 0 Å². The first-order chi connectivity index (χ1) is 18.6. The molecule has 0 saturated carbocycles. The number of aliphatic carboxylic acids is 1. The van der Waals surface area contributed by atoms with Gasteiger partial charge in [-0.1, -0.05) is 18.5 Å². The van der Waals surface area contributed by atoms with Crippen LogP contribution in [0.4, 0.5) is 5.69 Å². The number of carboxylic acid groups (broad SMARTS) is 1. The highest BCUT2D eigenvalue weighted by atomic mass is 35.5. The molecule has 1 aromatic heterocycles. The molecule has 0 fully saturated rings. The molecule has 3 rings (SSSR count). The fraction of sp³-hybridized carbons (Fsp3) is 0.250. The number of amides is 1. The molecule has 202 valence electrons. The molecular formula is C28H26ClN3O7. The summed E-state index contributed by atoms with van der Waals surface area (Å²) >= 11 is 6.11. The van der Waals surface area contributed by atoms with Gasteiger partial charge in [-0.15, -0.1) is 0 Å². The second-order valence-electron chi connectivity index (χ2n) is 8.63. The molecule has 2 atom stereocenters. The molecule has 0 saturated heterocycles. The summed E-state index contributed by atoms with van der Waals surface area (Å²) in [6.45, 7) is 2.91. The van der Waals surface area contributed by atoms with Crippen molar-refractivity contribution in [3.63, 3.8) is 0 Å². The number of aromatic nitrogens is 1. The van der Waals surface area contributed by atoms with E-state index in [2.05, 4.69) is 11.4 Å². The summed E-state index contributed by atoms with van der Waals surface area (Å²) in [4.78, 5) is 49.3. The van der Waals surface area contributed by atoms with Crippen LogP contribution >= 0.6 is 11.6 Å². The summed E-state index contributed by atoms with van der Waals surface area (Å²) < 4.78 is 11.7. The average Bonchev–Trinajstić information content (AvgIpc) is 2.92. The molecule has 39 heavy (non-hydrogen) atoms. The molecule has 0 aliphatic rings. The van der Waals surface area contributed by atoms with Gasteiger partial charge in [-0.05, 0) is 55.8 Å². The molecule has 0 bridgehead atoms. The Labute approximate surface area is 229 Å². The lowest BCUT2D eigenvalue weighted by Crippen LogP contribution is -2.32. The number of nitrogens with zero attached hydrogens (tertiary/aromatic N) is 2. The highest BCUT2D eigenvalue weighted by Gasteiger charge is 2.23. The van der Waals surface area contributed by atoms with Crippen molar-refractivity contribution < 1.29 is 29.0 Å². The first-order valence-electron chi connectivity index (χ1n) is 11.9. The van der Waals surface area contributed by atoms with E-state index in [1.165, 1.54) is 55.1 Å².